The van der Waals surface area contributed by atoms with Crippen molar-refractivity contribution >= 4 is 22.9 Å². The molecule has 3 aromatic rings. The summed E-state index contributed by atoms with van der Waals surface area (Å²) in [5.41, 5.74) is 2.13. The molecule has 0 saturated carbocycles. The summed E-state index contributed by atoms with van der Waals surface area (Å²) in [4.78, 5) is 15.7. The molecule has 0 unspecified atom stereocenters. The lowest BCUT2D eigenvalue weighted by Gasteiger charge is -2.22. The van der Waals surface area contributed by atoms with Crippen molar-refractivity contribution < 1.29 is 9.53 Å². The zero-order chi connectivity index (χ0) is 17.5. The third-order valence-electron chi connectivity index (χ3n) is 3.96. The highest BCUT2D eigenvalue weighted by molar-refractivity contribution is 7.09. The van der Waals surface area contributed by atoms with Gasteiger partial charge in [0.15, 0.2) is 6.61 Å². The zero-order valence-corrected chi connectivity index (χ0v) is 15.0. The first-order valence-corrected chi connectivity index (χ1v) is 9.24. The fraction of sp³-hybridized carbons (Fsp3) is 0.190. The molecule has 0 bridgehead atoms. The predicted molar refractivity (Wildman–Crippen MR) is 103 cm³/mol. The molecule has 25 heavy (non-hydrogen) atoms. The summed E-state index contributed by atoms with van der Waals surface area (Å²) in [6, 6.07) is 21.6. The lowest BCUT2D eigenvalue weighted by Crippen LogP contribution is -2.34. The van der Waals surface area contributed by atoms with Gasteiger partial charge in [-0.2, -0.15) is 0 Å². The Balaban J connectivity index is 1.70. The van der Waals surface area contributed by atoms with E-state index in [9.17, 15) is 4.79 Å². The van der Waals surface area contributed by atoms with Crippen LogP contribution in [0.1, 0.15) is 17.4 Å². The zero-order valence-electron chi connectivity index (χ0n) is 14.2. The number of para-hydroxylation sites is 1. The standard InChI is InChI=1S/C21H21NO2S/c1-2-17-10-12-19(13-11-17)24-16-21(23)22(15-20-9-6-14-25-20)18-7-4-3-5-8-18/h3-14H,2,15-16H2,1H3. The molecule has 1 aromatic heterocycles. The maximum Gasteiger partial charge on any atom is 0.265 e. The van der Waals surface area contributed by atoms with Crippen LogP contribution in [0.3, 0.4) is 0 Å². The second kappa shape index (κ2) is 8.49. The number of nitrogens with zero attached hydrogens (tertiary/aromatic N) is 1. The van der Waals surface area contributed by atoms with Gasteiger partial charge >= 0.3 is 0 Å². The molecule has 0 aliphatic heterocycles. The van der Waals surface area contributed by atoms with E-state index in [1.54, 1.807) is 16.2 Å². The monoisotopic (exact) mass is 351 g/mol. The van der Waals surface area contributed by atoms with Gasteiger partial charge in [-0.1, -0.05) is 43.3 Å². The second-order valence-corrected chi connectivity index (χ2v) is 6.71. The minimum absolute atomic E-state index is 0.0196. The van der Waals surface area contributed by atoms with Crippen LogP contribution >= 0.6 is 11.3 Å². The van der Waals surface area contributed by atoms with Gasteiger partial charge in [-0.15, -0.1) is 11.3 Å². The number of benzene rings is 2. The number of aryl methyl sites for hydroxylation is 1. The predicted octanol–water partition coefficient (Wildman–Crippen LogP) is 4.92. The molecule has 4 heteroatoms. The fourth-order valence-electron chi connectivity index (χ4n) is 2.53. The van der Waals surface area contributed by atoms with Gasteiger partial charge in [-0.05, 0) is 47.7 Å². The minimum atomic E-state index is -0.0563. The van der Waals surface area contributed by atoms with Crippen LogP contribution in [0.2, 0.25) is 0 Å². The molecule has 128 valence electrons. The molecule has 0 aliphatic carbocycles. The number of hydrogen-bond acceptors (Lipinski definition) is 3. The summed E-state index contributed by atoms with van der Waals surface area (Å²) in [5, 5.41) is 2.02. The Hall–Kier alpha value is -2.59. The summed E-state index contributed by atoms with van der Waals surface area (Å²) in [5.74, 6) is 0.661. The third-order valence-corrected chi connectivity index (χ3v) is 4.82. The van der Waals surface area contributed by atoms with Crippen LogP contribution in [0.25, 0.3) is 0 Å². The lowest BCUT2D eigenvalue weighted by atomic mass is 10.2. The van der Waals surface area contributed by atoms with E-state index >= 15 is 0 Å². The Morgan fingerprint density at radius 1 is 1.00 bits per heavy atom. The van der Waals surface area contributed by atoms with Gasteiger partial charge < -0.3 is 9.64 Å². The van der Waals surface area contributed by atoms with Gasteiger partial charge in [0, 0.05) is 10.6 Å². The highest BCUT2D eigenvalue weighted by atomic mass is 32.1. The quantitative estimate of drug-likeness (QED) is 0.604. The van der Waals surface area contributed by atoms with Crippen LogP contribution < -0.4 is 9.64 Å². The second-order valence-electron chi connectivity index (χ2n) is 5.68. The highest BCUT2D eigenvalue weighted by Gasteiger charge is 2.17. The molecular formula is C21H21NO2S. The summed E-state index contributed by atoms with van der Waals surface area (Å²) < 4.78 is 5.70. The number of rotatable bonds is 7. The van der Waals surface area contributed by atoms with Crippen LogP contribution in [0.5, 0.6) is 5.75 Å². The van der Waals surface area contributed by atoms with E-state index in [-0.39, 0.29) is 12.5 Å². The summed E-state index contributed by atoms with van der Waals surface area (Å²) in [6.45, 7) is 2.69. The topological polar surface area (TPSA) is 29.5 Å². The van der Waals surface area contributed by atoms with Gasteiger partial charge in [0.05, 0.1) is 6.54 Å². The Labute approximate surface area is 152 Å². The van der Waals surface area contributed by atoms with E-state index < -0.39 is 0 Å². The largest absolute Gasteiger partial charge is 0.484 e. The van der Waals surface area contributed by atoms with Crippen molar-refractivity contribution in [2.75, 3.05) is 11.5 Å². The minimum Gasteiger partial charge on any atom is -0.484 e. The van der Waals surface area contributed by atoms with Crippen molar-refractivity contribution in [2.45, 2.75) is 19.9 Å². The average molecular weight is 351 g/mol. The molecule has 0 radical (unpaired) electrons. The number of amides is 1. The van der Waals surface area contributed by atoms with Crippen molar-refractivity contribution in [3.8, 4) is 5.75 Å². The van der Waals surface area contributed by atoms with Gasteiger partial charge in [0.25, 0.3) is 5.91 Å². The maximum atomic E-state index is 12.8. The van der Waals surface area contributed by atoms with Crippen molar-refractivity contribution in [3.63, 3.8) is 0 Å². The van der Waals surface area contributed by atoms with E-state index in [2.05, 4.69) is 6.92 Å². The Morgan fingerprint density at radius 3 is 2.40 bits per heavy atom. The van der Waals surface area contributed by atoms with Gasteiger partial charge in [0.1, 0.15) is 5.75 Å². The number of hydrogen-bond donors (Lipinski definition) is 0. The van der Waals surface area contributed by atoms with Crippen LogP contribution in [-0.2, 0) is 17.8 Å². The summed E-state index contributed by atoms with van der Waals surface area (Å²) in [7, 11) is 0. The van der Waals surface area contributed by atoms with E-state index in [0.29, 0.717) is 6.54 Å². The van der Waals surface area contributed by atoms with E-state index in [1.165, 1.54) is 5.56 Å². The van der Waals surface area contributed by atoms with Crippen LogP contribution in [0, 0.1) is 0 Å². The van der Waals surface area contributed by atoms with Crippen molar-refractivity contribution in [1.82, 2.24) is 0 Å². The van der Waals surface area contributed by atoms with Crippen LogP contribution in [-0.4, -0.2) is 12.5 Å². The van der Waals surface area contributed by atoms with Gasteiger partial charge in [-0.3, -0.25) is 4.79 Å². The lowest BCUT2D eigenvalue weighted by molar-refractivity contribution is -0.120. The fourth-order valence-corrected chi connectivity index (χ4v) is 3.23. The van der Waals surface area contributed by atoms with Crippen molar-refractivity contribution in [3.05, 3.63) is 82.6 Å². The number of thiophene rings is 1. The Bertz CT molecular complexity index is 783. The molecule has 0 atom stereocenters. The van der Waals surface area contributed by atoms with E-state index in [4.69, 9.17) is 4.74 Å². The van der Waals surface area contributed by atoms with E-state index in [0.717, 1.165) is 22.7 Å². The van der Waals surface area contributed by atoms with Crippen molar-refractivity contribution in [1.29, 1.82) is 0 Å². The maximum absolute atomic E-state index is 12.8. The molecule has 3 rings (SSSR count). The SMILES string of the molecule is CCc1ccc(OCC(=O)N(Cc2cccs2)c2ccccc2)cc1. The highest BCUT2D eigenvalue weighted by Crippen LogP contribution is 2.20. The summed E-state index contributed by atoms with van der Waals surface area (Å²) in [6.07, 6.45) is 0.988. The number of ether oxygens (including phenoxy) is 1. The number of carbonyl (C=O) groups is 1. The summed E-state index contributed by atoms with van der Waals surface area (Å²) >= 11 is 1.65. The molecule has 0 saturated heterocycles. The molecule has 2 aromatic carbocycles. The molecule has 3 nitrogen and oxygen atoms in total. The molecule has 1 heterocycles. The Kier molecular flexibility index (Phi) is 5.86. The van der Waals surface area contributed by atoms with Crippen LogP contribution in [0.4, 0.5) is 5.69 Å². The molecule has 0 N–H and O–H groups in total. The van der Waals surface area contributed by atoms with Gasteiger partial charge in [-0.25, -0.2) is 0 Å². The third kappa shape index (κ3) is 4.70. The first-order valence-electron chi connectivity index (χ1n) is 8.36. The van der Waals surface area contributed by atoms with Crippen molar-refractivity contribution in [2.24, 2.45) is 0 Å². The first kappa shape index (κ1) is 17.2. The van der Waals surface area contributed by atoms with Crippen LogP contribution in [0.15, 0.2) is 72.1 Å². The smallest absolute Gasteiger partial charge is 0.265 e. The van der Waals surface area contributed by atoms with E-state index in [1.807, 2.05) is 72.1 Å². The average Bonchev–Trinajstić information content (AvgIpc) is 3.18. The molecule has 0 spiro atoms. The number of carbonyl (C=O) groups excluding carboxylic acids is 1. The molecule has 0 fully saturated rings. The Morgan fingerprint density at radius 2 is 1.76 bits per heavy atom. The van der Waals surface area contributed by atoms with Gasteiger partial charge in [0.2, 0.25) is 0 Å². The first-order chi connectivity index (χ1) is 12.3. The molecular weight excluding hydrogens is 330 g/mol. The molecule has 1 amide bonds. The number of anilines is 1. The normalized spacial score (nSPS) is 10.4. The molecule has 0 aliphatic rings.